The van der Waals surface area contributed by atoms with E-state index in [1.165, 1.54) is 43.1 Å². The summed E-state index contributed by atoms with van der Waals surface area (Å²) in [5, 5.41) is 38.7. The molecule has 0 bridgehead atoms. The molecule has 0 saturated carbocycles. The van der Waals surface area contributed by atoms with Crippen LogP contribution in [0.2, 0.25) is 0 Å². The molecule has 0 saturated heterocycles. The Morgan fingerprint density at radius 2 is 1.00 bits per heavy atom. The van der Waals surface area contributed by atoms with Gasteiger partial charge in [0.1, 0.15) is 0 Å². The summed E-state index contributed by atoms with van der Waals surface area (Å²) < 4.78 is 0. The van der Waals surface area contributed by atoms with Crippen molar-refractivity contribution in [2.75, 3.05) is 0 Å². The lowest BCUT2D eigenvalue weighted by Crippen LogP contribution is -1.96. The van der Waals surface area contributed by atoms with E-state index >= 15 is 0 Å². The number of hydrogen-bond donors (Lipinski definition) is 0. The molecular formula is C22H9N4O. The molecule has 0 N–H and O–H groups in total. The maximum absolute atomic E-state index is 11.2. The van der Waals surface area contributed by atoms with Gasteiger partial charge in [-0.05, 0) is 59.9 Å². The highest BCUT2D eigenvalue weighted by atomic mass is 16.3. The van der Waals surface area contributed by atoms with Gasteiger partial charge in [0.15, 0.2) is 0 Å². The molecule has 0 aliphatic heterocycles. The average molecular weight is 345 g/mol. The number of rotatable bonds is 1. The molecule has 7 rings (SSSR count). The molecule has 0 amide bonds. The fourth-order valence-electron chi connectivity index (χ4n) is 4.69. The van der Waals surface area contributed by atoms with E-state index in [2.05, 4.69) is 75.0 Å². The highest BCUT2D eigenvalue weighted by Crippen LogP contribution is 2.49. The first-order valence-corrected chi connectivity index (χ1v) is 8.72. The van der Waals surface area contributed by atoms with Crippen LogP contribution in [-0.2, 0) is 5.11 Å². The highest BCUT2D eigenvalue weighted by Gasteiger charge is 2.22. The van der Waals surface area contributed by atoms with Crippen molar-refractivity contribution in [3.8, 4) is 17.4 Å². The minimum absolute atomic E-state index is 0.374. The Hall–Kier alpha value is -3.86. The molecule has 1 radical (unpaired) electrons. The van der Waals surface area contributed by atoms with E-state index in [9.17, 15) is 5.11 Å². The largest absolute Gasteiger partial charge is 0.404 e. The second-order valence-corrected chi connectivity index (χ2v) is 7.01. The SMILES string of the molecule is [O]c1nnc(-c2cc3ccc4ccc5ccc6ccc2c2c6c5c4c32)nn1. The van der Waals surface area contributed by atoms with Crippen LogP contribution in [-0.4, -0.2) is 20.4 Å². The number of nitrogens with zero attached hydrogens (tertiary/aromatic N) is 4. The molecule has 0 aliphatic rings. The van der Waals surface area contributed by atoms with E-state index in [-0.39, 0.29) is 0 Å². The minimum Gasteiger partial charge on any atom is -0.240 e. The van der Waals surface area contributed by atoms with Crippen LogP contribution >= 0.6 is 0 Å². The third-order valence-electron chi connectivity index (χ3n) is 5.72. The van der Waals surface area contributed by atoms with Crippen molar-refractivity contribution in [1.29, 1.82) is 0 Å². The van der Waals surface area contributed by atoms with E-state index in [4.69, 9.17) is 0 Å². The highest BCUT2D eigenvalue weighted by molar-refractivity contribution is 6.45. The lowest BCUT2D eigenvalue weighted by Gasteiger charge is -2.09. The Balaban J connectivity index is 1.82. The van der Waals surface area contributed by atoms with Gasteiger partial charge in [0.2, 0.25) is 5.82 Å². The summed E-state index contributed by atoms with van der Waals surface area (Å²) >= 11 is 0. The van der Waals surface area contributed by atoms with E-state index in [1.54, 1.807) is 0 Å². The molecule has 5 heteroatoms. The van der Waals surface area contributed by atoms with Crippen molar-refractivity contribution in [2.24, 2.45) is 0 Å². The molecule has 0 atom stereocenters. The lowest BCUT2D eigenvalue weighted by molar-refractivity contribution is 0.306. The van der Waals surface area contributed by atoms with Crippen LogP contribution in [0.4, 0.5) is 0 Å². The van der Waals surface area contributed by atoms with Gasteiger partial charge in [-0.2, -0.15) is 0 Å². The molecule has 1 aromatic heterocycles. The van der Waals surface area contributed by atoms with Crippen LogP contribution in [0, 0.1) is 0 Å². The van der Waals surface area contributed by atoms with Crippen LogP contribution < -0.4 is 0 Å². The summed E-state index contributed by atoms with van der Waals surface area (Å²) in [6, 6.07) is 18.7. The molecule has 5 nitrogen and oxygen atoms in total. The van der Waals surface area contributed by atoms with Gasteiger partial charge in [0, 0.05) is 5.56 Å². The Kier molecular flexibility index (Phi) is 2.11. The van der Waals surface area contributed by atoms with Gasteiger partial charge in [0.05, 0.1) is 0 Å². The third kappa shape index (κ3) is 1.47. The Bertz CT molecular complexity index is 1580. The monoisotopic (exact) mass is 345 g/mol. The lowest BCUT2D eigenvalue weighted by atomic mass is 9.95. The molecule has 0 fully saturated rings. The molecule has 0 spiro atoms. The van der Waals surface area contributed by atoms with Crippen molar-refractivity contribution in [3.63, 3.8) is 0 Å². The molecule has 0 unspecified atom stereocenters. The van der Waals surface area contributed by atoms with Gasteiger partial charge in [-0.1, -0.05) is 58.7 Å². The molecule has 123 valence electrons. The zero-order valence-electron chi connectivity index (χ0n) is 13.9. The third-order valence-corrected chi connectivity index (χ3v) is 5.72. The molecule has 6 aromatic carbocycles. The van der Waals surface area contributed by atoms with Crippen molar-refractivity contribution < 1.29 is 5.11 Å². The van der Waals surface area contributed by atoms with Gasteiger partial charge in [0.25, 0.3) is 0 Å². The summed E-state index contributed by atoms with van der Waals surface area (Å²) in [7, 11) is 0. The molecule has 0 aliphatic carbocycles. The van der Waals surface area contributed by atoms with Crippen LogP contribution in [0.1, 0.15) is 0 Å². The van der Waals surface area contributed by atoms with Crippen molar-refractivity contribution in [1.82, 2.24) is 20.4 Å². The predicted octanol–water partition coefficient (Wildman–Crippen LogP) is 5.16. The van der Waals surface area contributed by atoms with Gasteiger partial charge < -0.3 is 0 Å². The second kappa shape index (κ2) is 4.27. The smallest absolute Gasteiger partial charge is 0.240 e. The second-order valence-electron chi connectivity index (χ2n) is 7.01. The first kappa shape index (κ1) is 13.4. The summed E-state index contributed by atoms with van der Waals surface area (Å²) in [6.07, 6.45) is 0. The number of benzene rings is 5. The van der Waals surface area contributed by atoms with Gasteiger partial charge >= 0.3 is 6.01 Å². The maximum Gasteiger partial charge on any atom is 0.404 e. The Labute approximate surface area is 151 Å². The van der Waals surface area contributed by atoms with Crippen molar-refractivity contribution in [3.05, 3.63) is 54.6 Å². The van der Waals surface area contributed by atoms with E-state index < -0.39 is 6.01 Å². The standard InChI is InChI=1S/C22H9N4O/c27-22-25-23-21(24-26-22)15-9-13-6-5-11-2-1-10-3-4-12-7-8-14(15)20-18(12)16(10)17(11)19(13)20/h1-9H. The molecule has 27 heavy (non-hydrogen) atoms. The van der Waals surface area contributed by atoms with Gasteiger partial charge in [-0.25, -0.2) is 5.11 Å². The zero-order valence-corrected chi connectivity index (χ0v) is 13.9. The summed E-state index contributed by atoms with van der Waals surface area (Å²) in [6.45, 7) is 0. The normalized spacial score (nSPS) is 12.6. The fraction of sp³-hybridized carbons (Fsp3) is 0. The number of hydrogen-bond acceptors (Lipinski definition) is 4. The van der Waals surface area contributed by atoms with Crippen LogP contribution in [0.15, 0.2) is 54.6 Å². The Morgan fingerprint density at radius 3 is 1.63 bits per heavy atom. The maximum atomic E-state index is 11.2. The fourth-order valence-corrected chi connectivity index (χ4v) is 4.69. The van der Waals surface area contributed by atoms with Crippen LogP contribution in [0.5, 0.6) is 6.01 Å². The number of aromatic nitrogens is 4. The summed E-state index contributed by atoms with van der Waals surface area (Å²) in [5.41, 5.74) is 0.851. The van der Waals surface area contributed by atoms with E-state index in [1.807, 2.05) is 0 Å². The summed E-state index contributed by atoms with van der Waals surface area (Å²) in [5.74, 6) is 0.374. The zero-order chi connectivity index (χ0) is 17.7. The first-order chi connectivity index (χ1) is 13.3. The molecule has 1 heterocycles. The van der Waals surface area contributed by atoms with Crippen molar-refractivity contribution in [2.45, 2.75) is 0 Å². The molecular weight excluding hydrogens is 336 g/mol. The quantitative estimate of drug-likeness (QED) is 0.385. The van der Waals surface area contributed by atoms with E-state index in [0.29, 0.717) is 5.82 Å². The van der Waals surface area contributed by atoms with E-state index in [0.717, 1.165) is 16.3 Å². The first-order valence-electron chi connectivity index (χ1n) is 8.72. The van der Waals surface area contributed by atoms with Crippen molar-refractivity contribution >= 4 is 53.9 Å². The van der Waals surface area contributed by atoms with Gasteiger partial charge in [-0.15, -0.1) is 10.2 Å². The summed E-state index contributed by atoms with van der Waals surface area (Å²) in [4.78, 5) is 0. The predicted molar refractivity (Wildman–Crippen MR) is 104 cm³/mol. The molecule has 7 aromatic rings. The van der Waals surface area contributed by atoms with Gasteiger partial charge in [-0.3, -0.25) is 0 Å². The topological polar surface area (TPSA) is 71.5 Å². The van der Waals surface area contributed by atoms with Crippen LogP contribution in [0.25, 0.3) is 65.3 Å². The average Bonchev–Trinajstić information content (AvgIpc) is 3.08. The van der Waals surface area contributed by atoms with Crippen LogP contribution in [0.3, 0.4) is 0 Å². The minimum atomic E-state index is -0.672. The Morgan fingerprint density at radius 1 is 0.519 bits per heavy atom.